The summed E-state index contributed by atoms with van der Waals surface area (Å²) in [7, 11) is 0. The van der Waals surface area contributed by atoms with Gasteiger partial charge >= 0.3 is 5.97 Å². The summed E-state index contributed by atoms with van der Waals surface area (Å²) in [4.78, 5) is 11.5. The Hall–Kier alpha value is -2.17. The molecule has 0 spiro atoms. The van der Waals surface area contributed by atoms with E-state index in [-0.39, 0.29) is 0 Å². The van der Waals surface area contributed by atoms with E-state index < -0.39 is 11.4 Å². The Bertz CT molecular complexity index is 604. The molecule has 5 nitrogen and oxygen atoms in total. The third kappa shape index (κ3) is 2.57. The number of anilines is 1. The summed E-state index contributed by atoms with van der Waals surface area (Å²) in [5.41, 5.74) is 0.874. The van der Waals surface area contributed by atoms with Crippen LogP contribution in [-0.2, 0) is 4.79 Å². The van der Waals surface area contributed by atoms with Gasteiger partial charge in [0.15, 0.2) is 0 Å². The van der Waals surface area contributed by atoms with Gasteiger partial charge in [-0.1, -0.05) is 32.0 Å². The van der Waals surface area contributed by atoms with Crippen LogP contribution >= 0.6 is 0 Å². The molecule has 0 fully saturated rings. The van der Waals surface area contributed by atoms with Crippen molar-refractivity contribution < 1.29 is 9.90 Å². The second-order valence-electron chi connectivity index (χ2n) is 4.92. The van der Waals surface area contributed by atoms with Gasteiger partial charge in [-0.25, -0.2) is 0 Å². The average Bonchev–Trinajstić information content (AvgIpc) is 2.48. The van der Waals surface area contributed by atoms with E-state index in [9.17, 15) is 9.90 Å². The highest BCUT2D eigenvalue weighted by atomic mass is 16.4. The monoisotopic (exact) mass is 273 g/mol. The molecular weight excluding hydrogens is 254 g/mol. The Labute approximate surface area is 118 Å². The van der Waals surface area contributed by atoms with Crippen LogP contribution in [0, 0.1) is 5.41 Å². The zero-order chi connectivity index (χ0) is 14.6. The van der Waals surface area contributed by atoms with Crippen molar-refractivity contribution in [2.24, 2.45) is 5.41 Å². The molecule has 0 unspecified atom stereocenters. The van der Waals surface area contributed by atoms with Crippen molar-refractivity contribution in [3.05, 3.63) is 30.5 Å². The number of benzene rings is 1. The highest BCUT2D eigenvalue weighted by Crippen LogP contribution is 2.28. The predicted octanol–water partition coefficient (Wildman–Crippen LogP) is 2.93. The molecule has 0 aliphatic heterocycles. The van der Waals surface area contributed by atoms with E-state index in [0.717, 1.165) is 16.6 Å². The third-order valence-corrected chi connectivity index (χ3v) is 3.97. The Kier molecular flexibility index (Phi) is 4.17. The maximum Gasteiger partial charge on any atom is 0.311 e. The normalized spacial score (nSPS) is 11.5. The first-order valence-electron chi connectivity index (χ1n) is 6.80. The van der Waals surface area contributed by atoms with E-state index in [4.69, 9.17) is 0 Å². The zero-order valence-electron chi connectivity index (χ0n) is 11.8. The van der Waals surface area contributed by atoms with Crippen molar-refractivity contribution in [1.29, 1.82) is 0 Å². The molecule has 106 valence electrons. The first-order chi connectivity index (χ1) is 9.63. The molecule has 1 heterocycles. The van der Waals surface area contributed by atoms with Gasteiger partial charge in [-0.2, -0.15) is 10.2 Å². The number of carboxylic acid groups (broad SMARTS) is 1. The number of carbonyl (C=O) groups is 1. The number of aliphatic carboxylic acids is 1. The van der Waals surface area contributed by atoms with Crippen LogP contribution in [-0.4, -0.2) is 27.8 Å². The van der Waals surface area contributed by atoms with Crippen molar-refractivity contribution >= 4 is 22.6 Å². The van der Waals surface area contributed by atoms with Crippen LogP contribution in [0.4, 0.5) is 5.69 Å². The van der Waals surface area contributed by atoms with Gasteiger partial charge in [0, 0.05) is 11.9 Å². The molecule has 2 rings (SSSR count). The van der Waals surface area contributed by atoms with Crippen LogP contribution in [0.25, 0.3) is 10.9 Å². The number of nitrogens with one attached hydrogen (secondary N) is 1. The molecular formula is C15H19N3O2. The first-order valence-corrected chi connectivity index (χ1v) is 6.80. The lowest BCUT2D eigenvalue weighted by molar-refractivity contribution is -0.148. The highest BCUT2D eigenvalue weighted by Gasteiger charge is 2.34. The van der Waals surface area contributed by atoms with E-state index in [1.54, 1.807) is 6.20 Å². The SMILES string of the molecule is CCC(CC)(CNc1cnnc2ccccc12)C(=O)O. The molecule has 0 radical (unpaired) electrons. The van der Waals surface area contributed by atoms with Gasteiger partial charge in [0.1, 0.15) is 0 Å². The van der Waals surface area contributed by atoms with E-state index in [1.165, 1.54) is 0 Å². The molecule has 0 aliphatic carbocycles. The largest absolute Gasteiger partial charge is 0.481 e. The summed E-state index contributed by atoms with van der Waals surface area (Å²) in [6.45, 7) is 4.19. The van der Waals surface area contributed by atoms with E-state index in [1.807, 2.05) is 38.1 Å². The number of hydrogen-bond acceptors (Lipinski definition) is 4. The van der Waals surface area contributed by atoms with Gasteiger partial charge in [0.2, 0.25) is 0 Å². The van der Waals surface area contributed by atoms with Crippen molar-refractivity contribution in [2.45, 2.75) is 26.7 Å². The van der Waals surface area contributed by atoms with Gasteiger partial charge in [-0.15, -0.1) is 0 Å². The minimum atomic E-state index is -0.763. The average molecular weight is 273 g/mol. The number of nitrogens with zero attached hydrogens (tertiary/aromatic N) is 2. The smallest absolute Gasteiger partial charge is 0.311 e. The predicted molar refractivity (Wildman–Crippen MR) is 78.7 cm³/mol. The summed E-state index contributed by atoms with van der Waals surface area (Å²) in [5.74, 6) is -0.763. The minimum Gasteiger partial charge on any atom is -0.481 e. The molecule has 0 saturated heterocycles. The third-order valence-electron chi connectivity index (χ3n) is 3.97. The van der Waals surface area contributed by atoms with Crippen molar-refractivity contribution in [3.8, 4) is 0 Å². The van der Waals surface area contributed by atoms with Crippen LogP contribution < -0.4 is 5.32 Å². The highest BCUT2D eigenvalue weighted by molar-refractivity contribution is 5.90. The molecule has 1 aromatic heterocycles. The van der Waals surface area contributed by atoms with E-state index in [0.29, 0.717) is 19.4 Å². The van der Waals surface area contributed by atoms with Crippen molar-refractivity contribution in [1.82, 2.24) is 10.2 Å². The zero-order valence-corrected chi connectivity index (χ0v) is 11.8. The lowest BCUT2D eigenvalue weighted by atomic mass is 9.82. The number of hydrogen-bond donors (Lipinski definition) is 2. The van der Waals surface area contributed by atoms with Crippen LogP contribution in [0.2, 0.25) is 0 Å². The lowest BCUT2D eigenvalue weighted by Gasteiger charge is -2.27. The quantitative estimate of drug-likeness (QED) is 0.846. The summed E-state index contributed by atoms with van der Waals surface area (Å²) in [6, 6.07) is 7.67. The number of fused-ring (bicyclic) bond motifs is 1. The van der Waals surface area contributed by atoms with Gasteiger partial charge in [0.05, 0.1) is 22.8 Å². The molecule has 20 heavy (non-hydrogen) atoms. The fraction of sp³-hybridized carbons (Fsp3) is 0.400. The maximum absolute atomic E-state index is 11.5. The summed E-state index contributed by atoms with van der Waals surface area (Å²) in [5, 5.41) is 21.6. The summed E-state index contributed by atoms with van der Waals surface area (Å²) < 4.78 is 0. The first kappa shape index (κ1) is 14.2. The van der Waals surface area contributed by atoms with Crippen LogP contribution in [0.5, 0.6) is 0 Å². The molecule has 1 aromatic carbocycles. The molecule has 0 amide bonds. The lowest BCUT2D eigenvalue weighted by Crippen LogP contribution is -2.36. The van der Waals surface area contributed by atoms with E-state index in [2.05, 4.69) is 15.5 Å². The van der Waals surface area contributed by atoms with Gasteiger partial charge in [0.25, 0.3) is 0 Å². The molecule has 0 atom stereocenters. The van der Waals surface area contributed by atoms with Crippen molar-refractivity contribution in [3.63, 3.8) is 0 Å². The van der Waals surface area contributed by atoms with Gasteiger partial charge in [-0.05, 0) is 18.9 Å². The Balaban J connectivity index is 2.27. The molecule has 0 saturated carbocycles. The Morgan fingerprint density at radius 1 is 1.30 bits per heavy atom. The molecule has 2 N–H and O–H groups in total. The number of rotatable bonds is 6. The topological polar surface area (TPSA) is 75.1 Å². The molecule has 0 bridgehead atoms. The Morgan fingerprint density at radius 2 is 2.00 bits per heavy atom. The molecule has 0 aliphatic rings. The number of carboxylic acids is 1. The second kappa shape index (κ2) is 5.86. The van der Waals surface area contributed by atoms with E-state index >= 15 is 0 Å². The molecule has 2 aromatic rings. The summed E-state index contributed by atoms with van der Waals surface area (Å²) >= 11 is 0. The van der Waals surface area contributed by atoms with Crippen LogP contribution in [0.1, 0.15) is 26.7 Å². The van der Waals surface area contributed by atoms with Gasteiger partial charge in [-0.3, -0.25) is 4.79 Å². The summed E-state index contributed by atoms with van der Waals surface area (Å²) in [6.07, 6.45) is 2.81. The fourth-order valence-electron chi connectivity index (χ4n) is 2.29. The minimum absolute atomic E-state index is 0.380. The number of aromatic nitrogens is 2. The maximum atomic E-state index is 11.5. The fourth-order valence-corrected chi connectivity index (χ4v) is 2.29. The van der Waals surface area contributed by atoms with Crippen LogP contribution in [0.15, 0.2) is 30.5 Å². The standard InChI is InChI=1S/C15H19N3O2/c1-3-15(4-2,14(19)20)10-16-13-9-17-18-12-8-6-5-7-11(12)13/h5-9H,3-4,10H2,1-2H3,(H,16,18)(H,19,20). The van der Waals surface area contributed by atoms with Gasteiger partial charge < -0.3 is 10.4 Å². The second-order valence-corrected chi connectivity index (χ2v) is 4.92. The van der Waals surface area contributed by atoms with Crippen molar-refractivity contribution in [2.75, 3.05) is 11.9 Å². The Morgan fingerprint density at radius 3 is 2.65 bits per heavy atom. The van der Waals surface area contributed by atoms with Crippen LogP contribution in [0.3, 0.4) is 0 Å². The molecule has 5 heteroatoms.